The van der Waals surface area contributed by atoms with Crippen molar-refractivity contribution in [2.24, 2.45) is 0 Å². The summed E-state index contributed by atoms with van der Waals surface area (Å²) >= 11 is 6.25. The van der Waals surface area contributed by atoms with E-state index in [-0.39, 0.29) is 10.7 Å². The monoisotopic (exact) mass is 363 g/mol. The first-order valence-corrected chi connectivity index (χ1v) is 8.61. The zero-order chi connectivity index (χ0) is 18.4. The fraction of sp³-hybridized carbons (Fsp3) is 0.389. The maximum atomic E-state index is 12.4. The van der Waals surface area contributed by atoms with Crippen LogP contribution in [0.3, 0.4) is 0 Å². The number of rotatable bonds is 7. The van der Waals surface area contributed by atoms with Crippen LogP contribution in [-0.2, 0) is 16.1 Å². The Kier molecular flexibility index (Phi) is 6.58. The number of anilines is 1. The largest absolute Gasteiger partial charge is 0.449 e. The van der Waals surface area contributed by atoms with Gasteiger partial charge in [-0.1, -0.05) is 43.1 Å². The Balaban J connectivity index is 2.03. The molecule has 2 rings (SSSR count). The van der Waals surface area contributed by atoms with Gasteiger partial charge in [-0.25, -0.2) is 4.79 Å². The number of amides is 1. The van der Waals surface area contributed by atoms with Crippen LogP contribution in [-0.4, -0.2) is 27.8 Å². The lowest BCUT2D eigenvalue weighted by atomic mass is 10.2. The molecule has 25 heavy (non-hydrogen) atoms. The van der Waals surface area contributed by atoms with Crippen molar-refractivity contribution >= 4 is 29.2 Å². The van der Waals surface area contributed by atoms with E-state index >= 15 is 0 Å². The lowest BCUT2D eigenvalue weighted by molar-refractivity contribution is -0.123. The summed E-state index contributed by atoms with van der Waals surface area (Å²) in [4.78, 5) is 24.6. The molecule has 1 aromatic heterocycles. The molecule has 1 N–H and O–H groups in total. The van der Waals surface area contributed by atoms with E-state index in [1.54, 1.807) is 35.9 Å². The number of benzene rings is 1. The van der Waals surface area contributed by atoms with E-state index in [2.05, 4.69) is 17.3 Å². The number of ether oxygens (including phenoxy) is 1. The Hall–Kier alpha value is -2.34. The van der Waals surface area contributed by atoms with Gasteiger partial charge in [-0.15, -0.1) is 0 Å². The third-order valence-corrected chi connectivity index (χ3v) is 4.07. The topological polar surface area (TPSA) is 73.2 Å². The number of esters is 1. The summed E-state index contributed by atoms with van der Waals surface area (Å²) in [5.74, 6) is -1.06. The molecule has 0 aliphatic rings. The summed E-state index contributed by atoms with van der Waals surface area (Å²) < 4.78 is 6.85. The highest BCUT2D eigenvalue weighted by Gasteiger charge is 2.25. The summed E-state index contributed by atoms with van der Waals surface area (Å²) in [6.07, 6.45) is 0.943. The van der Waals surface area contributed by atoms with Gasteiger partial charge in [-0.2, -0.15) is 5.10 Å². The van der Waals surface area contributed by atoms with Crippen LogP contribution in [0.4, 0.5) is 5.69 Å². The van der Waals surface area contributed by atoms with Crippen molar-refractivity contribution in [3.8, 4) is 0 Å². The molecule has 0 spiro atoms. The molecule has 1 atom stereocenters. The summed E-state index contributed by atoms with van der Waals surface area (Å²) in [5, 5.41) is 7.21. The molecule has 0 bridgehead atoms. The second-order valence-corrected chi connectivity index (χ2v) is 6.09. The Morgan fingerprint density at radius 1 is 1.32 bits per heavy atom. The molecular formula is C18H22ClN3O3. The van der Waals surface area contributed by atoms with E-state index in [1.165, 1.54) is 6.92 Å². The number of nitrogens with zero attached hydrogens (tertiary/aromatic N) is 2. The summed E-state index contributed by atoms with van der Waals surface area (Å²) in [5.41, 5.74) is 1.33. The first-order chi connectivity index (χ1) is 11.9. The third-order valence-electron chi connectivity index (χ3n) is 3.69. The quantitative estimate of drug-likeness (QED) is 0.759. The van der Waals surface area contributed by atoms with E-state index in [9.17, 15) is 9.59 Å². The van der Waals surface area contributed by atoms with Crippen LogP contribution in [0.5, 0.6) is 0 Å². The SMILES string of the molecule is CCCCn1nc(C)c(C(=O)O[C@H](C)C(=O)Nc2ccccc2)c1Cl. The molecule has 1 amide bonds. The standard InChI is InChI=1S/C18H22ClN3O3/c1-4-5-11-22-16(19)15(12(2)21-22)18(24)25-13(3)17(23)20-14-9-7-6-8-10-14/h6-10,13H,4-5,11H2,1-3H3,(H,20,23)/t13-/m1/s1. The molecule has 6 nitrogen and oxygen atoms in total. The van der Waals surface area contributed by atoms with Crippen LogP contribution in [0, 0.1) is 6.92 Å². The zero-order valence-corrected chi connectivity index (χ0v) is 15.3. The maximum absolute atomic E-state index is 12.4. The molecule has 0 radical (unpaired) electrons. The van der Waals surface area contributed by atoms with Crippen molar-refractivity contribution in [3.63, 3.8) is 0 Å². The van der Waals surface area contributed by atoms with Crippen molar-refractivity contribution in [2.75, 3.05) is 5.32 Å². The fourth-order valence-electron chi connectivity index (χ4n) is 2.28. The van der Waals surface area contributed by atoms with E-state index in [0.29, 0.717) is 17.9 Å². The number of aryl methyl sites for hydroxylation is 2. The van der Waals surface area contributed by atoms with Crippen molar-refractivity contribution in [3.05, 3.63) is 46.7 Å². The summed E-state index contributed by atoms with van der Waals surface area (Å²) in [7, 11) is 0. The highest BCUT2D eigenvalue weighted by Crippen LogP contribution is 2.22. The van der Waals surface area contributed by atoms with Gasteiger partial charge in [0.15, 0.2) is 6.10 Å². The highest BCUT2D eigenvalue weighted by molar-refractivity contribution is 6.32. The maximum Gasteiger partial charge on any atom is 0.343 e. The van der Waals surface area contributed by atoms with Crippen molar-refractivity contribution in [1.29, 1.82) is 0 Å². The Morgan fingerprint density at radius 3 is 2.64 bits per heavy atom. The number of carbonyl (C=O) groups excluding carboxylic acids is 2. The van der Waals surface area contributed by atoms with Crippen LogP contribution in [0.15, 0.2) is 30.3 Å². The molecule has 134 valence electrons. The number of hydrogen-bond donors (Lipinski definition) is 1. The average molecular weight is 364 g/mol. The van der Waals surface area contributed by atoms with Gasteiger partial charge in [-0.3, -0.25) is 9.48 Å². The van der Waals surface area contributed by atoms with Gasteiger partial charge in [0.25, 0.3) is 5.91 Å². The molecule has 1 heterocycles. The molecule has 0 aliphatic carbocycles. The molecule has 1 aromatic carbocycles. The molecular weight excluding hydrogens is 342 g/mol. The van der Waals surface area contributed by atoms with E-state index in [0.717, 1.165) is 12.8 Å². The third kappa shape index (κ3) is 4.82. The van der Waals surface area contributed by atoms with Gasteiger partial charge < -0.3 is 10.1 Å². The number of hydrogen-bond acceptors (Lipinski definition) is 4. The minimum atomic E-state index is -0.956. The predicted octanol–water partition coefficient (Wildman–Crippen LogP) is 3.83. The molecule has 0 unspecified atom stereocenters. The zero-order valence-electron chi connectivity index (χ0n) is 14.6. The molecule has 0 fully saturated rings. The van der Waals surface area contributed by atoms with Crippen LogP contribution in [0.1, 0.15) is 42.7 Å². The van der Waals surface area contributed by atoms with Gasteiger partial charge in [0, 0.05) is 12.2 Å². The number of unbranched alkanes of at least 4 members (excludes halogenated alkanes) is 1. The predicted molar refractivity (Wildman–Crippen MR) is 96.8 cm³/mol. The minimum Gasteiger partial charge on any atom is -0.449 e. The lowest BCUT2D eigenvalue weighted by Gasteiger charge is -2.13. The normalized spacial score (nSPS) is 11.8. The average Bonchev–Trinajstić information content (AvgIpc) is 2.87. The second kappa shape index (κ2) is 8.67. The Morgan fingerprint density at radius 2 is 2.00 bits per heavy atom. The Bertz CT molecular complexity index is 744. The van der Waals surface area contributed by atoms with Crippen LogP contribution in [0.2, 0.25) is 5.15 Å². The van der Waals surface area contributed by atoms with Crippen molar-refractivity contribution < 1.29 is 14.3 Å². The first-order valence-electron chi connectivity index (χ1n) is 8.23. The number of aromatic nitrogens is 2. The minimum absolute atomic E-state index is 0.206. The molecule has 2 aromatic rings. The van der Waals surface area contributed by atoms with Gasteiger partial charge >= 0.3 is 5.97 Å². The van der Waals surface area contributed by atoms with Crippen molar-refractivity contribution in [1.82, 2.24) is 9.78 Å². The van der Waals surface area contributed by atoms with E-state index < -0.39 is 18.0 Å². The molecule has 0 saturated heterocycles. The second-order valence-electron chi connectivity index (χ2n) is 5.73. The fourth-order valence-corrected chi connectivity index (χ4v) is 2.62. The Labute approximate surface area is 152 Å². The van der Waals surface area contributed by atoms with Gasteiger partial charge in [0.05, 0.1) is 5.69 Å². The smallest absolute Gasteiger partial charge is 0.343 e. The van der Waals surface area contributed by atoms with E-state index in [1.807, 2.05) is 6.07 Å². The highest BCUT2D eigenvalue weighted by atomic mass is 35.5. The number of carbonyl (C=O) groups is 2. The number of halogens is 1. The number of nitrogens with one attached hydrogen (secondary N) is 1. The van der Waals surface area contributed by atoms with Crippen LogP contribution in [0.25, 0.3) is 0 Å². The lowest BCUT2D eigenvalue weighted by Crippen LogP contribution is -2.30. The molecule has 0 aliphatic heterocycles. The van der Waals surface area contributed by atoms with Gasteiger partial charge in [0.1, 0.15) is 10.7 Å². The van der Waals surface area contributed by atoms with Crippen LogP contribution < -0.4 is 5.32 Å². The summed E-state index contributed by atoms with van der Waals surface area (Å²) in [6, 6.07) is 8.97. The van der Waals surface area contributed by atoms with Crippen LogP contribution >= 0.6 is 11.6 Å². The van der Waals surface area contributed by atoms with Gasteiger partial charge in [-0.05, 0) is 32.4 Å². The first kappa shape index (κ1) is 19.0. The molecule has 0 saturated carbocycles. The van der Waals surface area contributed by atoms with Crippen molar-refractivity contribution in [2.45, 2.75) is 46.3 Å². The molecule has 7 heteroatoms. The number of para-hydroxylation sites is 1. The summed E-state index contributed by atoms with van der Waals surface area (Å²) in [6.45, 7) is 5.90. The van der Waals surface area contributed by atoms with E-state index in [4.69, 9.17) is 16.3 Å². The van der Waals surface area contributed by atoms with Gasteiger partial charge in [0.2, 0.25) is 0 Å².